The average molecular weight is 261 g/mol. The van der Waals surface area contributed by atoms with Crippen LogP contribution >= 0.6 is 0 Å². The first kappa shape index (κ1) is 14.0. The van der Waals surface area contributed by atoms with Gasteiger partial charge in [-0.2, -0.15) is 0 Å². The normalized spacial score (nSPS) is 23.5. The van der Waals surface area contributed by atoms with Crippen LogP contribution < -0.4 is 5.73 Å². The highest BCUT2D eigenvalue weighted by molar-refractivity contribution is 5.95. The van der Waals surface area contributed by atoms with Gasteiger partial charge in [0.1, 0.15) is 0 Å². The summed E-state index contributed by atoms with van der Waals surface area (Å²) in [4.78, 5) is 19.1. The van der Waals surface area contributed by atoms with Crippen molar-refractivity contribution in [3.05, 3.63) is 29.1 Å². The van der Waals surface area contributed by atoms with Gasteiger partial charge in [0.25, 0.3) is 5.91 Å². The molecule has 4 heteroatoms. The van der Waals surface area contributed by atoms with Crippen molar-refractivity contribution in [2.45, 2.75) is 52.1 Å². The van der Waals surface area contributed by atoms with Crippen molar-refractivity contribution >= 4 is 5.91 Å². The molecule has 1 aromatic heterocycles. The molecule has 104 valence electrons. The van der Waals surface area contributed by atoms with E-state index in [9.17, 15) is 4.79 Å². The third-order valence-corrected chi connectivity index (χ3v) is 3.99. The molecule has 1 aromatic rings. The molecule has 2 heterocycles. The number of pyridine rings is 1. The van der Waals surface area contributed by atoms with Gasteiger partial charge in [0.05, 0.1) is 11.3 Å². The molecule has 2 atom stereocenters. The molecule has 0 radical (unpaired) electrons. The minimum absolute atomic E-state index is 0.0765. The molecular formula is C15H23N3O. The van der Waals surface area contributed by atoms with Crippen LogP contribution in [0.2, 0.25) is 0 Å². The van der Waals surface area contributed by atoms with E-state index in [0.717, 1.165) is 30.7 Å². The maximum absolute atomic E-state index is 12.7. The summed E-state index contributed by atoms with van der Waals surface area (Å²) in [5.41, 5.74) is 8.28. The van der Waals surface area contributed by atoms with Crippen molar-refractivity contribution in [3.8, 4) is 0 Å². The van der Waals surface area contributed by atoms with Crippen LogP contribution in [0.5, 0.6) is 0 Å². The van der Waals surface area contributed by atoms with Crippen molar-refractivity contribution in [1.82, 2.24) is 9.88 Å². The molecule has 0 bridgehead atoms. The van der Waals surface area contributed by atoms with E-state index in [1.807, 2.05) is 30.9 Å². The van der Waals surface area contributed by atoms with Crippen LogP contribution in [-0.4, -0.2) is 34.4 Å². The van der Waals surface area contributed by atoms with E-state index < -0.39 is 0 Å². The van der Waals surface area contributed by atoms with Crippen molar-refractivity contribution in [3.63, 3.8) is 0 Å². The summed E-state index contributed by atoms with van der Waals surface area (Å²) in [6.45, 7) is 6.48. The first-order valence-electron chi connectivity index (χ1n) is 7.01. The van der Waals surface area contributed by atoms with E-state index in [2.05, 4.69) is 11.9 Å². The van der Waals surface area contributed by atoms with E-state index >= 15 is 0 Å². The Balaban J connectivity index is 2.30. The van der Waals surface area contributed by atoms with Gasteiger partial charge in [0.15, 0.2) is 0 Å². The Labute approximate surface area is 115 Å². The maximum atomic E-state index is 12.7. The molecule has 1 saturated heterocycles. The molecule has 0 aromatic carbocycles. The SMILES string of the molecule is Cc1ccc(C(=O)N2C(C)CCCC2CN)c(C)n1. The summed E-state index contributed by atoms with van der Waals surface area (Å²) < 4.78 is 0. The molecule has 2 N–H and O–H groups in total. The lowest BCUT2D eigenvalue weighted by atomic mass is 9.95. The van der Waals surface area contributed by atoms with Crippen molar-refractivity contribution in [2.24, 2.45) is 5.73 Å². The van der Waals surface area contributed by atoms with Gasteiger partial charge in [-0.15, -0.1) is 0 Å². The first-order chi connectivity index (χ1) is 9.04. The standard InChI is InChI=1S/C15H23N3O/c1-10-7-8-14(12(3)17-10)15(19)18-11(2)5-4-6-13(18)9-16/h7-8,11,13H,4-6,9,16H2,1-3H3. The van der Waals surface area contributed by atoms with Gasteiger partial charge >= 0.3 is 0 Å². The lowest BCUT2D eigenvalue weighted by Gasteiger charge is -2.40. The summed E-state index contributed by atoms with van der Waals surface area (Å²) in [5.74, 6) is 0.0765. The van der Waals surface area contributed by atoms with Crippen LogP contribution in [0, 0.1) is 13.8 Å². The third kappa shape index (κ3) is 2.78. The summed E-state index contributed by atoms with van der Waals surface area (Å²) in [6, 6.07) is 4.20. The molecule has 1 amide bonds. The summed E-state index contributed by atoms with van der Waals surface area (Å²) >= 11 is 0. The van der Waals surface area contributed by atoms with Gasteiger partial charge in [-0.3, -0.25) is 9.78 Å². The van der Waals surface area contributed by atoms with Crippen molar-refractivity contribution in [1.29, 1.82) is 0 Å². The Morgan fingerprint density at radius 2 is 2.16 bits per heavy atom. The smallest absolute Gasteiger partial charge is 0.256 e. The Morgan fingerprint density at radius 3 is 2.79 bits per heavy atom. The zero-order valence-electron chi connectivity index (χ0n) is 12.0. The predicted molar refractivity (Wildman–Crippen MR) is 76.0 cm³/mol. The minimum atomic E-state index is 0.0765. The van der Waals surface area contributed by atoms with Gasteiger partial charge in [-0.05, 0) is 52.2 Å². The summed E-state index contributed by atoms with van der Waals surface area (Å²) in [6.07, 6.45) is 3.21. The number of hydrogen-bond acceptors (Lipinski definition) is 3. The molecule has 1 fully saturated rings. The van der Waals surface area contributed by atoms with Crippen LogP contribution in [0.4, 0.5) is 0 Å². The van der Waals surface area contributed by atoms with Crippen molar-refractivity contribution < 1.29 is 4.79 Å². The Morgan fingerprint density at radius 1 is 1.42 bits per heavy atom. The number of carbonyl (C=O) groups is 1. The monoisotopic (exact) mass is 261 g/mol. The van der Waals surface area contributed by atoms with Gasteiger partial charge in [-0.1, -0.05) is 0 Å². The van der Waals surface area contributed by atoms with Gasteiger partial charge in [0, 0.05) is 24.3 Å². The quantitative estimate of drug-likeness (QED) is 0.886. The van der Waals surface area contributed by atoms with Crippen LogP contribution in [0.25, 0.3) is 0 Å². The number of aromatic nitrogens is 1. The van der Waals surface area contributed by atoms with Crippen LogP contribution in [-0.2, 0) is 0 Å². The van der Waals surface area contributed by atoms with Gasteiger partial charge in [0.2, 0.25) is 0 Å². The van der Waals surface area contributed by atoms with Crippen LogP contribution in [0.15, 0.2) is 12.1 Å². The fourth-order valence-electron chi connectivity index (χ4n) is 2.94. The number of nitrogens with zero attached hydrogens (tertiary/aromatic N) is 2. The number of likely N-dealkylation sites (tertiary alicyclic amines) is 1. The van der Waals surface area contributed by atoms with Gasteiger partial charge in [-0.25, -0.2) is 0 Å². The molecule has 0 spiro atoms. The topological polar surface area (TPSA) is 59.2 Å². The number of aryl methyl sites for hydroxylation is 2. The highest BCUT2D eigenvalue weighted by Crippen LogP contribution is 2.25. The second kappa shape index (κ2) is 5.70. The second-order valence-electron chi connectivity index (χ2n) is 5.47. The minimum Gasteiger partial charge on any atom is -0.332 e. The molecule has 0 saturated carbocycles. The highest BCUT2D eigenvalue weighted by atomic mass is 16.2. The predicted octanol–water partition coefficient (Wildman–Crippen LogP) is 2.04. The largest absolute Gasteiger partial charge is 0.332 e. The highest BCUT2D eigenvalue weighted by Gasteiger charge is 2.32. The Kier molecular flexibility index (Phi) is 4.20. The molecule has 1 aliphatic heterocycles. The van der Waals surface area contributed by atoms with Crippen molar-refractivity contribution in [2.75, 3.05) is 6.54 Å². The zero-order chi connectivity index (χ0) is 14.0. The number of hydrogen-bond donors (Lipinski definition) is 1. The number of amides is 1. The molecule has 1 aliphatic rings. The van der Waals surface area contributed by atoms with Crippen LogP contribution in [0.3, 0.4) is 0 Å². The average Bonchev–Trinajstić information content (AvgIpc) is 2.37. The zero-order valence-corrected chi connectivity index (χ0v) is 12.0. The van der Waals surface area contributed by atoms with E-state index in [1.54, 1.807) is 0 Å². The third-order valence-electron chi connectivity index (χ3n) is 3.99. The number of piperidine rings is 1. The summed E-state index contributed by atoms with van der Waals surface area (Å²) in [5, 5.41) is 0. The van der Waals surface area contributed by atoms with Crippen LogP contribution in [0.1, 0.15) is 47.9 Å². The molecule has 0 aliphatic carbocycles. The number of carbonyl (C=O) groups excluding carboxylic acids is 1. The molecule has 2 rings (SSSR count). The molecule has 19 heavy (non-hydrogen) atoms. The van der Waals surface area contributed by atoms with E-state index in [-0.39, 0.29) is 18.0 Å². The number of nitrogens with two attached hydrogens (primary N) is 1. The summed E-state index contributed by atoms with van der Waals surface area (Å²) in [7, 11) is 0. The van der Waals surface area contributed by atoms with E-state index in [0.29, 0.717) is 12.1 Å². The second-order valence-corrected chi connectivity index (χ2v) is 5.47. The lowest BCUT2D eigenvalue weighted by Crippen LogP contribution is -2.52. The number of rotatable bonds is 2. The van der Waals surface area contributed by atoms with Gasteiger partial charge < -0.3 is 10.6 Å². The Bertz CT molecular complexity index is 472. The lowest BCUT2D eigenvalue weighted by molar-refractivity contribution is 0.0493. The fourth-order valence-corrected chi connectivity index (χ4v) is 2.94. The maximum Gasteiger partial charge on any atom is 0.256 e. The molecular weight excluding hydrogens is 238 g/mol. The fraction of sp³-hybridized carbons (Fsp3) is 0.600. The molecule has 4 nitrogen and oxygen atoms in total. The molecule has 2 unspecified atom stereocenters. The van der Waals surface area contributed by atoms with E-state index in [1.165, 1.54) is 0 Å². The first-order valence-corrected chi connectivity index (χ1v) is 7.01. The Hall–Kier alpha value is -1.42. The van der Waals surface area contributed by atoms with E-state index in [4.69, 9.17) is 5.73 Å².